The fourth-order valence-corrected chi connectivity index (χ4v) is 2.79. The maximum atomic E-state index is 8.78. The van der Waals surface area contributed by atoms with Crippen LogP contribution in [0.3, 0.4) is 0 Å². The van der Waals surface area contributed by atoms with Gasteiger partial charge in [-0.15, -0.1) is 5.10 Å². The standard InChI is InChI=1S/C20H34N6O2/c1-25(2)16-17-9-7-10-18(15-17)28-14-8-12-22-20-23-19(24-26(20)3)21-11-5-4-6-13-27/h7,9-10,15,27H,4-6,8,11-14,16H2,1-3H3,(H2,21,22,23,24). The Morgan fingerprint density at radius 2 is 1.93 bits per heavy atom. The topological polar surface area (TPSA) is 87.5 Å². The van der Waals surface area contributed by atoms with Gasteiger partial charge in [-0.2, -0.15) is 4.98 Å². The average molecular weight is 391 g/mol. The number of nitrogens with zero attached hydrogens (tertiary/aromatic N) is 4. The molecule has 0 saturated heterocycles. The van der Waals surface area contributed by atoms with E-state index in [4.69, 9.17) is 9.84 Å². The molecule has 0 atom stereocenters. The minimum absolute atomic E-state index is 0.251. The van der Waals surface area contributed by atoms with Crippen molar-refractivity contribution in [1.29, 1.82) is 0 Å². The number of aliphatic hydroxyl groups is 1. The highest BCUT2D eigenvalue weighted by Crippen LogP contribution is 2.14. The lowest BCUT2D eigenvalue weighted by molar-refractivity contribution is 0.283. The fourth-order valence-electron chi connectivity index (χ4n) is 2.79. The van der Waals surface area contributed by atoms with E-state index in [9.17, 15) is 0 Å². The number of nitrogens with one attached hydrogen (secondary N) is 2. The minimum Gasteiger partial charge on any atom is -0.494 e. The second-order valence-electron chi connectivity index (χ2n) is 7.11. The van der Waals surface area contributed by atoms with Crippen molar-refractivity contribution in [3.05, 3.63) is 29.8 Å². The van der Waals surface area contributed by atoms with Crippen LogP contribution in [0.2, 0.25) is 0 Å². The van der Waals surface area contributed by atoms with E-state index >= 15 is 0 Å². The van der Waals surface area contributed by atoms with Crippen LogP contribution in [0.1, 0.15) is 31.2 Å². The maximum absolute atomic E-state index is 8.78. The van der Waals surface area contributed by atoms with Crippen molar-refractivity contribution in [3.63, 3.8) is 0 Å². The highest BCUT2D eigenvalue weighted by atomic mass is 16.5. The maximum Gasteiger partial charge on any atom is 0.243 e. The normalized spacial score (nSPS) is 11.0. The molecule has 1 aromatic heterocycles. The Bertz CT molecular complexity index is 689. The number of aromatic nitrogens is 3. The Labute approximate surface area is 167 Å². The van der Waals surface area contributed by atoms with Gasteiger partial charge in [0.05, 0.1) is 6.61 Å². The zero-order valence-electron chi connectivity index (χ0n) is 17.3. The number of hydrogen-bond acceptors (Lipinski definition) is 7. The smallest absolute Gasteiger partial charge is 0.243 e. The summed E-state index contributed by atoms with van der Waals surface area (Å²) < 4.78 is 7.59. The summed E-state index contributed by atoms with van der Waals surface area (Å²) in [5.41, 5.74) is 1.25. The molecule has 156 valence electrons. The SMILES string of the molecule is CN(C)Cc1cccc(OCCCNc2nc(NCCCCCO)nn2C)c1. The van der Waals surface area contributed by atoms with Gasteiger partial charge in [0.25, 0.3) is 0 Å². The zero-order chi connectivity index (χ0) is 20.2. The Morgan fingerprint density at radius 3 is 2.71 bits per heavy atom. The summed E-state index contributed by atoms with van der Waals surface area (Å²) in [4.78, 5) is 6.60. The summed E-state index contributed by atoms with van der Waals surface area (Å²) in [6.45, 7) is 3.38. The molecule has 0 fully saturated rings. The number of ether oxygens (including phenoxy) is 1. The van der Waals surface area contributed by atoms with Crippen molar-refractivity contribution in [2.75, 3.05) is 51.0 Å². The van der Waals surface area contributed by atoms with Gasteiger partial charge in [0.2, 0.25) is 11.9 Å². The summed E-state index contributed by atoms with van der Waals surface area (Å²) in [7, 11) is 5.99. The Hall–Kier alpha value is -2.32. The van der Waals surface area contributed by atoms with E-state index in [1.54, 1.807) is 4.68 Å². The molecule has 8 heteroatoms. The quantitative estimate of drug-likeness (QED) is 0.427. The van der Waals surface area contributed by atoms with E-state index in [-0.39, 0.29) is 6.61 Å². The van der Waals surface area contributed by atoms with E-state index in [0.29, 0.717) is 12.6 Å². The predicted molar refractivity (Wildman–Crippen MR) is 113 cm³/mol. The molecule has 0 aliphatic carbocycles. The Morgan fingerprint density at radius 1 is 1.11 bits per heavy atom. The molecular weight excluding hydrogens is 356 g/mol. The molecule has 0 amide bonds. The molecule has 0 bridgehead atoms. The van der Waals surface area contributed by atoms with Crippen LogP contribution in [-0.4, -0.2) is 65.2 Å². The van der Waals surface area contributed by atoms with Crippen molar-refractivity contribution < 1.29 is 9.84 Å². The van der Waals surface area contributed by atoms with Gasteiger partial charge in [0.1, 0.15) is 5.75 Å². The summed E-state index contributed by atoms with van der Waals surface area (Å²) in [6.07, 6.45) is 3.70. The molecule has 0 aliphatic rings. The summed E-state index contributed by atoms with van der Waals surface area (Å²) in [5, 5.41) is 19.7. The summed E-state index contributed by atoms with van der Waals surface area (Å²) in [5.74, 6) is 2.28. The van der Waals surface area contributed by atoms with Crippen LogP contribution < -0.4 is 15.4 Å². The molecule has 0 aliphatic heterocycles. The first-order valence-electron chi connectivity index (χ1n) is 9.94. The lowest BCUT2D eigenvalue weighted by Gasteiger charge is -2.12. The highest BCUT2D eigenvalue weighted by molar-refractivity contribution is 5.34. The van der Waals surface area contributed by atoms with Gasteiger partial charge in [-0.3, -0.25) is 0 Å². The number of aliphatic hydroxyl groups excluding tert-OH is 1. The van der Waals surface area contributed by atoms with E-state index in [1.165, 1.54) is 5.56 Å². The molecule has 0 spiro atoms. The van der Waals surface area contributed by atoms with Crippen molar-refractivity contribution in [2.45, 2.75) is 32.2 Å². The number of aryl methyl sites for hydroxylation is 1. The van der Waals surface area contributed by atoms with Crippen molar-refractivity contribution in [1.82, 2.24) is 19.7 Å². The van der Waals surface area contributed by atoms with Crippen LogP contribution in [0.5, 0.6) is 5.75 Å². The first kappa shape index (κ1) is 22.0. The largest absolute Gasteiger partial charge is 0.494 e. The molecule has 2 rings (SSSR count). The van der Waals surface area contributed by atoms with Crippen LogP contribution >= 0.6 is 0 Å². The lowest BCUT2D eigenvalue weighted by Crippen LogP contribution is -2.11. The van der Waals surface area contributed by atoms with Crippen molar-refractivity contribution in [2.24, 2.45) is 7.05 Å². The van der Waals surface area contributed by atoms with E-state index in [0.717, 1.165) is 57.0 Å². The predicted octanol–water partition coefficient (Wildman–Crippen LogP) is 2.33. The lowest BCUT2D eigenvalue weighted by atomic mass is 10.2. The van der Waals surface area contributed by atoms with Gasteiger partial charge >= 0.3 is 0 Å². The number of benzene rings is 1. The van der Waals surface area contributed by atoms with Crippen LogP contribution in [-0.2, 0) is 13.6 Å². The second kappa shape index (κ2) is 12.2. The second-order valence-corrected chi connectivity index (χ2v) is 7.11. The van der Waals surface area contributed by atoms with Gasteiger partial charge < -0.3 is 25.4 Å². The first-order valence-corrected chi connectivity index (χ1v) is 9.94. The van der Waals surface area contributed by atoms with E-state index < -0.39 is 0 Å². The number of rotatable bonds is 14. The molecule has 3 N–H and O–H groups in total. The minimum atomic E-state index is 0.251. The van der Waals surface area contributed by atoms with Gasteiger partial charge in [-0.05, 0) is 57.5 Å². The molecule has 28 heavy (non-hydrogen) atoms. The number of unbranched alkanes of at least 4 members (excludes halogenated alkanes) is 2. The molecule has 2 aromatic rings. The van der Waals surface area contributed by atoms with Crippen LogP contribution in [0.4, 0.5) is 11.9 Å². The van der Waals surface area contributed by atoms with Crippen LogP contribution in [0, 0.1) is 0 Å². The monoisotopic (exact) mass is 390 g/mol. The number of hydrogen-bond donors (Lipinski definition) is 3. The van der Waals surface area contributed by atoms with Crippen LogP contribution in [0.15, 0.2) is 24.3 Å². The third-order valence-electron chi connectivity index (χ3n) is 4.15. The average Bonchev–Trinajstić information content (AvgIpc) is 3.01. The van der Waals surface area contributed by atoms with Gasteiger partial charge in [0, 0.05) is 33.3 Å². The van der Waals surface area contributed by atoms with Gasteiger partial charge in [-0.25, -0.2) is 4.68 Å². The fraction of sp³-hybridized carbons (Fsp3) is 0.600. The molecule has 1 aromatic carbocycles. The highest BCUT2D eigenvalue weighted by Gasteiger charge is 2.06. The zero-order valence-corrected chi connectivity index (χ0v) is 17.3. The van der Waals surface area contributed by atoms with Crippen LogP contribution in [0.25, 0.3) is 0 Å². The molecule has 0 radical (unpaired) electrons. The van der Waals surface area contributed by atoms with E-state index in [1.807, 2.05) is 19.2 Å². The summed E-state index contributed by atoms with van der Waals surface area (Å²) >= 11 is 0. The Kier molecular flexibility index (Phi) is 9.57. The van der Waals surface area contributed by atoms with E-state index in [2.05, 4.69) is 51.8 Å². The summed E-state index contributed by atoms with van der Waals surface area (Å²) in [6, 6.07) is 8.23. The number of anilines is 2. The molecule has 0 unspecified atom stereocenters. The third-order valence-corrected chi connectivity index (χ3v) is 4.15. The third kappa shape index (κ3) is 8.14. The van der Waals surface area contributed by atoms with Gasteiger partial charge in [-0.1, -0.05) is 12.1 Å². The van der Waals surface area contributed by atoms with Crippen molar-refractivity contribution in [3.8, 4) is 5.75 Å². The molecular formula is C20H34N6O2. The first-order chi connectivity index (χ1) is 13.6. The van der Waals surface area contributed by atoms with Crippen molar-refractivity contribution >= 4 is 11.9 Å². The van der Waals surface area contributed by atoms with Gasteiger partial charge in [0.15, 0.2) is 0 Å². The molecule has 8 nitrogen and oxygen atoms in total. The Balaban J connectivity index is 1.65. The molecule has 0 saturated carbocycles. The molecule has 1 heterocycles.